The van der Waals surface area contributed by atoms with Gasteiger partial charge in [0.15, 0.2) is 0 Å². The van der Waals surface area contributed by atoms with Gasteiger partial charge in [-0.1, -0.05) is 38.1 Å². The Labute approximate surface area is 120 Å². The fourth-order valence-corrected chi connectivity index (χ4v) is 2.21. The minimum atomic E-state index is 0.250. The predicted octanol–water partition coefficient (Wildman–Crippen LogP) is 3.72. The minimum absolute atomic E-state index is 0.250. The normalized spacial score (nSPS) is 10.6. The molecular formula is C17H19N3. The van der Waals surface area contributed by atoms with Crippen LogP contribution in [0.1, 0.15) is 30.9 Å². The Morgan fingerprint density at radius 1 is 1.15 bits per heavy atom. The zero-order valence-corrected chi connectivity index (χ0v) is 12.2. The van der Waals surface area contributed by atoms with E-state index in [4.69, 9.17) is 5.26 Å². The van der Waals surface area contributed by atoms with Gasteiger partial charge in [-0.25, -0.2) is 9.97 Å². The maximum atomic E-state index is 8.76. The van der Waals surface area contributed by atoms with Crippen LogP contribution in [0, 0.1) is 24.2 Å². The summed E-state index contributed by atoms with van der Waals surface area (Å²) in [6.07, 6.45) is 1.34. The number of nitriles is 1. The fourth-order valence-electron chi connectivity index (χ4n) is 2.21. The maximum absolute atomic E-state index is 8.76. The molecule has 1 aromatic heterocycles. The lowest BCUT2D eigenvalue weighted by molar-refractivity contribution is 0.647. The average Bonchev–Trinajstić information content (AvgIpc) is 2.38. The quantitative estimate of drug-likeness (QED) is 0.846. The summed E-state index contributed by atoms with van der Waals surface area (Å²) < 4.78 is 0. The van der Waals surface area contributed by atoms with Crippen LogP contribution in [0.2, 0.25) is 0 Å². The second-order valence-corrected chi connectivity index (χ2v) is 5.44. The van der Waals surface area contributed by atoms with Gasteiger partial charge in [0, 0.05) is 11.3 Å². The van der Waals surface area contributed by atoms with Gasteiger partial charge in [0.25, 0.3) is 0 Å². The monoisotopic (exact) mass is 265 g/mol. The van der Waals surface area contributed by atoms with Crippen molar-refractivity contribution in [1.29, 1.82) is 5.26 Å². The standard InChI is InChI=1S/C17H19N3/c1-12(2)10-14-4-6-15(7-5-14)16-11-13(3)19-17(20-16)8-9-18/h4-7,11-12H,8,10H2,1-3H3. The molecule has 0 saturated carbocycles. The van der Waals surface area contributed by atoms with Crippen LogP contribution in [-0.4, -0.2) is 9.97 Å². The Balaban J connectivity index is 2.29. The molecule has 0 aliphatic heterocycles. The van der Waals surface area contributed by atoms with Crippen molar-refractivity contribution in [2.75, 3.05) is 0 Å². The molecule has 2 aromatic rings. The molecule has 1 heterocycles. The molecule has 0 N–H and O–H groups in total. The van der Waals surface area contributed by atoms with Crippen LogP contribution in [-0.2, 0) is 12.8 Å². The zero-order chi connectivity index (χ0) is 14.5. The molecular weight excluding hydrogens is 246 g/mol. The van der Waals surface area contributed by atoms with Crippen LogP contribution in [0.5, 0.6) is 0 Å². The van der Waals surface area contributed by atoms with Gasteiger partial charge < -0.3 is 0 Å². The molecule has 3 nitrogen and oxygen atoms in total. The Kier molecular flexibility index (Phi) is 4.47. The minimum Gasteiger partial charge on any atom is -0.237 e. The van der Waals surface area contributed by atoms with Crippen LogP contribution in [0.4, 0.5) is 0 Å². The van der Waals surface area contributed by atoms with Crippen molar-refractivity contribution in [3.05, 3.63) is 47.4 Å². The van der Waals surface area contributed by atoms with Gasteiger partial charge in [0.05, 0.1) is 18.2 Å². The van der Waals surface area contributed by atoms with Crippen molar-refractivity contribution in [1.82, 2.24) is 9.97 Å². The van der Waals surface area contributed by atoms with Gasteiger partial charge in [0.2, 0.25) is 0 Å². The summed E-state index contributed by atoms with van der Waals surface area (Å²) in [5.41, 5.74) is 4.19. The molecule has 2 rings (SSSR count). The van der Waals surface area contributed by atoms with E-state index in [1.165, 1.54) is 5.56 Å². The first-order valence-corrected chi connectivity index (χ1v) is 6.89. The van der Waals surface area contributed by atoms with Crippen LogP contribution in [0.25, 0.3) is 11.3 Å². The lowest BCUT2D eigenvalue weighted by Crippen LogP contribution is -1.98. The van der Waals surface area contributed by atoms with E-state index in [0.717, 1.165) is 23.4 Å². The van der Waals surface area contributed by atoms with Crippen molar-refractivity contribution < 1.29 is 0 Å². The predicted molar refractivity (Wildman–Crippen MR) is 80.1 cm³/mol. The first kappa shape index (κ1) is 14.2. The van der Waals surface area contributed by atoms with Gasteiger partial charge >= 0.3 is 0 Å². The number of benzene rings is 1. The van der Waals surface area contributed by atoms with Crippen molar-refractivity contribution in [3.63, 3.8) is 0 Å². The smallest absolute Gasteiger partial charge is 0.143 e. The van der Waals surface area contributed by atoms with Gasteiger partial charge in [-0.3, -0.25) is 0 Å². The van der Waals surface area contributed by atoms with Gasteiger partial charge in [-0.15, -0.1) is 0 Å². The SMILES string of the molecule is Cc1cc(-c2ccc(CC(C)C)cc2)nc(CC#N)n1. The molecule has 0 saturated heterocycles. The molecule has 20 heavy (non-hydrogen) atoms. The largest absolute Gasteiger partial charge is 0.237 e. The third kappa shape index (κ3) is 3.64. The molecule has 0 radical (unpaired) electrons. The Morgan fingerprint density at radius 3 is 2.45 bits per heavy atom. The number of hydrogen-bond donors (Lipinski definition) is 0. The molecule has 0 bridgehead atoms. The fraction of sp³-hybridized carbons (Fsp3) is 0.353. The van der Waals surface area contributed by atoms with E-state index in [1.54, 1.807) is 0 Å². The summed E-state index contributed by atoms with van der Waals surface area (Å²) in [6.45, 7) is 6.37. The Morgan fingerprint density at radius 2 is 1.85 bits per heavy atom. The van der Waals surface area contributed by atoms with E-state index in [-0.39, 0.29) is 6.42 Å². The zero-order valence-electron chi connectivity index (χ0n) is 12.2. The summed E-state index contributed by atoms with van der Waals surface area (Å²) in [4.78, 5) is 8.72. The van der Waals surface area contributed by atoms with Gasteiger partial charge in [-0.2, -0.15) is 5.26 Å². The topological polar surface area (TPSA) is 49.6 Å². The average molecular weight is 265 g/mol. The van der Waals surface area contributed by atoms with Crippen LogP contribution in [0.15, 0.2) is 30.3 Å². The number of hydrogen-bond acceptors (Lipinski definition) is 3. The van der Waals surface area contributed by atoms with Crippen molar-refractivity contribution >= 4 is 0 Å². The number of rotatable bonds is 4. The Bertz CT molecular complexity index is 622. The van der Waals surface area contributed by atoms with E-state index in [1.807, 2.05) is 13.0 Å². The van der Waals surface area contributed by atoms with E-state index >= 15 is 0 Å². The molecule has 0 aliphatic rings. The van der Waals surface area contributed by atoms with Crippen molar-refractivity contribution in [3.8, 4) is 17.3 Å². The summed E-state index contributed by atoms with van der Waals surface area (Å²) >= 11 is 0. The summed E-state index contributed by atoms with van der Waals surface area (Å²) in [7, 11) is 0. The first-order chi connectivity index (χ1) is 9.58. The second-order valence-electron chi connectivity index (χ2n) is 5.44. The molecule has 0 amide bonds. The summed E-state index contributed by atoms with van der Waals surface area (Å²) in [5.74, 6) is 1.25. The first-order valence-electron chi connectivity index (χ1n) is 6.89. The lowest BCUT2D eigenvalue weighted by atomic mass is 10.0. The van der Waals surface area contributed by atoms with Crippen molar-refractivity contribution in [2.24, 2.45) is 5.92 Å². The highest BCUT2D eigenvalue weighted by atomic mass is 14.9. The van der Waals surface area contributed by atoms with E-state index in [2.05, 4.69) is 54.2 Å². The highest BCUT2D eigenvalue weighted by Crippen LogP contribution is 2.20. The van der Waals surface area contributed by atoms with E-state index in [0.29, 0.717) is 11.7 Å². The molecule has 0 atom stereocenters. The van der Waals surface area contributed by atoms with Crippen LogP contribution >= 0.6 is 0 Å². The number of aryl methyl sites for hydroxylation is 1. The Hall–Kier alpha value is -2.21. The second kappa shape index (κ2) is 6.29. The molecule has 0 spiro atoms. The van der Waals surface area contributed by atoms with E-state index < -0.39 is 0 Å². The third-order valence-corrected chi connectivity index (χ3v) is 3.03. The summed E-state index contributed by atoms with van der Waals surface area (Å²) in [6, 6.07) is 12.5. The van der Waals surface area contributed by atoms with Crippen LogP contribution < -0.4 is 0 Å². The third-order valence-electron chi connectivity index (χ3n) is 3.03. The molecule has 0 fully saturated rings. The number of nitrogens with zero attached hydrogens (tertiary/aromatic N) is 3. The maximum Gasteiger partial charge on any atom is 0.143 e. The van der Waals surface area contributed by atoms with Gasteiger partial charge in [-0.05, 0) is 30.9 Å². The lowest BCUT2D eigenvalue weighted by Gasteiger charge is -2.07. The molecule has 0 unspecified atom stereocenters. The van der Waals surface area contributed by atoms with Crippen LogP contribution in [0.3, 0.4) is 0 Å². The van der Waals surface area contributed by atoms with Gasteiger partial charge in [0.1, 0.15) is 5.82 Å². The highest BCUT2D eigenvalue weighted by Gasteiger charge is 2.05. The molecule has 0 aliphatic carbocycles. The number of aromatic nitrogens is 2. The molecule has 3 heteroatoms. The summed E-state index contributed by atoms with van der Waals surface area (Å²) in [5, 5.41) is 8.76. The molecule has 102 valence electrons. The molecule has 1 aromatic carbocycles. The van der Waals surface area contributed by atoms with Crippen molar-refractivity contribution in [2.45, 2.75) is 33.6 Å². The van der Waals surface area contributed by atoms with E-state index in [9.17, 15) is 0 Å². The highest BCUT2D eigenvalue weighted by molar-refractivity contribution is 5.59.